The lowest BCUT2D eigenvalue weighted by Crippen LogP contribution is -1.67. The van der Waals surface area contributed by atoms with E-state index in [-0.39, 0.29) is 6.01 Å². The van der Waals surface area contributed by atoms with Crippen molar-refractivity contribution in [3.8, 4) is 0 Å². The predicted molar refractivity (Wildman–Crippen MR) is 51.6 cm³/mol. The molecule has 0 fully saturated rings. The molecule has 72 valence electrons. The number of nitrogens with zero attached hydrogens (tertiary/aromatic N) is 7. The number of fused-ring (bicyclic) bond motifs is 1. The molecule has 0 saturated carbocycles. The maximum Gasteiger partial charge on any atom is 0.284 e. The summed E-state index contributed by atoms with van der Waals surface area (Å²) >= 11 is 0. The van der Waals surface area contributed by atoms with Crippen LogP contribution in [0.1, 0.15) is 0 Å². The van der Waals surface area contributed by atoms with Crippen LogP contribution in [0.25, 0.3) is 32.0 Å². The molecule has 1 aromatic heterocycles. The minimum atomic E-state index is -0.104. The molecule has 0 bridgehead atoms. The molecule has 1 aromatic carbocycles. The largest absolute Gasteiger partial charge is 0.435 e. The minimum absolute atomic E-state index is 0.104. The topological polar surface area (TPSA) is 124 Å². The van der Waals surface area contributed by atoms with Crippen LogP contribution in [0, 0.1) is 0 Å². The molecule has 0 amide bonds. The van der Waals surface area contributed by atoms with E-state index in [1.54, 1.807) is 18.2 Å². The SMILES string of the molecule is [N-]=[N+]=Nc1nc2c(N=[N+]=[N-])cccc2o1. The second-order valence-corrected chi connectivity index (χ2v) is 2.50. The van der Waals surface area contributed by atoms with Crippen LogP contribution >= 0.6 is 0 Å². The summed E-state index contributed by atoms with van der Waals surface area (Å²) in [6.07, 6.45) is 0. The van der Waals surface area contributed by atoms with Crippen LogP contribution in [0.3, 0.4) is 0 Å². The third-order valence-corrected chi connectivity index (χ3v) is 1.67. The molecule has 8 heteroatoms. The average Bonchev–Trinajstić information content (AvgIpc) is 2.62. The van der Waals surface area contributed by atoms with E-state index in [4.69, 9.17) is 15.5 Å². The predicted octanol–water partition coefficient (Wildman–Crippen LogP) is 3.71. The summed E-state index contributed by atoms with van der Waals surface area (Å²) in [4.78, 5) is 9.06. The van der Waals surface area contributed by atoms with E-state index in [0.717, 1.165) is 0 Å². The fourth-order valence-electron chi connectivity index (χ4n) is 1.13. The minimum Gasteiger partial charge on any atom is -0.435 e. The van der Waals surface area contributed by atoms with Gasteiger partial charge >= 0.3 is 0 Å². The quantitative estimate of drug-likeness (QED) is 0.417. The van der Waals surface area contributed by atoms with Crippen LogP contribution in [0.5, 0.6) is 0 Å². The summed E-state index contributed by atoms with van der Waals surface area (Å²) in [7, 11) is 0. The summed E-state index contributed by atoms with van der Waals surface area (Å²) in [5.41, 5.74) is 17.6. The first kappa shape index (κ1) is 8.89. The lowest BCUT2D eigenvalue weighted by atomic mass is 10.3. The van der Waals surface area contributed by atoms with Crippen molar-refractivity contribution in [3.63, 3.8) is 0 Å². The Morgan fingerprint density at radius 1 is 1.20 bits per heavy atom. The number of hydrogen-bond acceptors (Lipinski definition) is 4. The number of para-hydroxylation sites is 1. The highest BCUT2D eigenvalue weighted by molar-refractivity contribution is 5.85. The number of azide groups is 2. The Hall–Kier alpha value is -2.69. The molecular weight excluding hydrogens is 198 g/mol. The molecule has 2 rings (SSSR count). The van der Waals surface area contributed by atoms with Crippen molar-refractivity contribution >= 4 is 22.8 Å². The maximum atomic E-state index is 8.31. The fraction of sp³-hybridized carbons (Fsp3) is 0. The van der Waals surface area contributed by atoms with Crippen LogP contribution in [0.4, 0.5) is 11.7 Å². The summed E-state index contributed by atoms with van der Waals surface area (Å²) in [6, 6.07) is 4.77. The Bertz CT molecular complexity index is 603. The summed E-state index contributed by atoms with van der Waals surface area (Å²) in [5, 5.41) is 6.64. The molecule has 0 aliphatic rings. The maximum absolute atomic E-state index is 8.31. The second-order valence-electron chi connectivity index (χ2n) is 2.50. The van der Waals surface area contributed by atoms with Crippen molar-refractivity contribution in [1.82, 2.24) is 4.98 Å². The van der Waals surface area contributed by atoms with Gasteiger partial charge in [-0.05, 0) is 22.2 Å². The first-order valence-electron chi connectivity index (χ1n) is 3.85. The first-order chi connectivity index (χ1) is 7.35. The van der Waals surface area contributed by atoms with Gasteiger partial charge in [0.1, 0.15) is 5.52 Å². The van der Waals surface area contributed by atoms with Gasteiger partial charge in [0, 0.05) is 9.82 Å². The standard InChI is InChI=1S/C7H3N7O/c8-13-11-4-2-1-3-5-6(4)10-7(15-5)12-14-9/h1-3H. The third kappa shape index (κ3) is 1.53. The van der Waals surface area contributed by atoms with E-state index in [1.807, 2.05) is 0 Å². The molecule has 0 unspecified atom stereocenters. The zero-order chi connectivity index (χ0) is 10.7. The number of oxazole rings is 1. The fourth-order valence-corrected chi connectivity index (χ4v) is 1.13. The second kappa shape index (κ2) is 3.59. The Kier molecular flexibility index (Phi) is 2.12. The number of aromatic nitrogens is 1. The molecule has 8 nitrogen and oxygen atoms in total. The first-order valence-corrected chi connectivity index (χ1v) is 3.85. The van der Waals surface area contributed by atoms with Gasteiger partial charge in [-0.2, -0.15) is 0 Å². The monoisotopic (exact) mass is 201 g/mol. The highest BCUT2D eigenvalue weighted by Crippen LogP contribution is 2.28. The highest BCUT2D eigenvalue weighted by atomic mass is 16.4. The average molecular weight is 201 g/mol. The van der Waals surface area contributed by atoms with E-state index < -0.39 is 0 Å². The molecule has 0 N–H and O–H groups in total. The van der Waals surface area contributed by atoms with Crippen molar-refractivity contribution in [1.29, 1.82) is 0 Å². The zero-order valence-electron chi connectivity index (χ0n) is 7.27. The smallest absolute Gasteiger partial charge is 0.284 e. The number of rotatable bonds is 2. The lowest BCUT2D eigenvalue weighted by Gasteiger charge is -1.89. The van der Waals surface area contributed by atoms with E-state index in [0.29, 0.717) is 16.8 Å². The van der Waals surface area contributed by atoms with E-state index in [9.17, 15) is 0 Å². The Balaban J connectivity index is 2.74. The third-order valence-electron chi connectivity index (χ3n) is 1.67. The van der Waals surface area contributed by atoms with Gasteiger partial charge in [-0.15, -0.1) is 0 Å². The molecule has 0 spiro atoms. The van der Waals surface area contributed by atoms with Crippen LogP contribution in [-0.2, 0) is 0 Å². The van der Waals surface area contributed by atoms with E-state index in [2.05, 4.69) is 25.0 Å². The van der Waals surface area contributed by atoms with Crippen molar-refractivity contribution < 1.29 is 4.42 Å². The van der Waals surface area contributed by atoms with Gasteiger partial charge < -0.3 is 4.42 Å². The molecule has 0 radical (unpaired) electrons. The summed E-state index contributed by atoms with van der Waals surface area (Å²) in [6.45, 7) is 0. The summed E-state index contributed by atoms with van der Waals surface area (Å²) < 4.78 is 5.08. The van der Waals surface area contributed by atoms with Crippen LogP contribution in [-0.4, -0.2) is 4.98 Å². The van der Waals surface area contributed by atoms with E-state index in [1.165, 1.54) is 0 Å². The van der Waals surface area contributed by atoms with Crippen molar-refractivity contribution in [3.05, 3.63) is 39.1 Å². The number of hydrogen-bond donors (Lipinski definition) is 0. The van der Waals surface area contributed by atoms with Crippen molar-refractivity contribution in [2.24, 2.45) is 10.2 Å². The van der Waals surface area contributed by atoms with Crippen LogP contribution in [0.2, 0.25) is 0 Å². The summed E-state index contributed by atoms with van der Waals surface area (Å²) in [5.74, 6) is 0. The molecule has 0 saturated heterocycles. The molecule has 2 aromatic rings. The zero-order valence-corrected chi connectivity index (χ0v) is 7.27. The highest BCUT2D eigenvalue weighted by Gasteiger charge is 2.06. The van der Waals surface area contributed by atoms with Gasteiger partial charge in [0.25, 0.3) is 6.01 Å². The van der Waals surface area contributed by atoms with Crippen molar-refractivity contribution in [2.75, 3.05) is 0 Å². The van der Waals surface area contributed by atoms with Crippen LogP contribution < -0.4 is 0 Å². The molecular formula is C7H3N7O. The molecule has 0 aliphatic carbocycles. The van der Waals surface area contributed by atoms with Gasteiger partial charge in [0.2, 0.25) is 0 Å². The molecule has 1 heterocycles. The number of benzene rings is 1. The normalized spacial score (nSPS) is 9.33. The van der Waals surface area contributed by atoms with E-state index >= 15 is 0 Å². The Morgan fingerprint density at radius 3 is 2.73 bits per heavy atom. The van der Waals surface area contributed by atoms with Gasteiger partial charge in [0.15, 0.2) is 5.58 Å². The Labute approximate surface area is 82.4 Å². The molecule has 15 heavy (non-hydrogen) atoms. The lowest BCUT2D eigenvalue weighted by molar-refractivity contribution is 0.612. The van der Waals surface area contributed by atoms with Gasteiger partial charge in [-0.25, -0.2) is 4.98 Å². The van der Waals surface area contributed by atoms with Crippen LogP contribution in [0.15, 0.2) is 32.8 Å². The molecule has 0 atom stereocenters. The van der Waals surface area contributed by atoms with Gasteiger partial charge in [0.05, 0.1) is 5.69 Å². The van der Waals surface area contributed by atoms with Gasteiger partial charge in [-0.3, -0.25) is 0 Å². The van der Waals surface area contributed by atoms with Crippen molar-refractivity contribution in [2.45, 2.75) is 0 Å². The molecule has 0 aliphatic heterocycles. The van der Waals surface area contributed by atoms with Gasteiger partial charge in [-0.1, -0.05) is 17.2 Å². The Morgan fingerprint density at radius 2 is 2.00 bits per heavy atom.